The molecule has 0 radical (unpaired) electrons. The number of allylic oxidation sites excluding steroid dienone is 1. The highest BCUT2D eigenvalue weighted by Gasteiger charge is 1.96. The average molecular weight is 178 g/mol. The number of aryl methyl sites for hydroxylation is 1. The third-order valence-corrected chi connectivity index (χ3v) is 1.39. The highest BCUT2D eigenvalue weighted by molar-refractivity contribution is 5.46. The van der Waals surface area contributed by atoms with Crippen LogP contribution in [0.1, 0.15) is 32.2 Å². The Hall–Kier alpha value is -1.31. The van der Waals surface area contributed by atoms with Crippen LogP contribution in [0.25, 0.3) is 12.3 Å². The summed E-state index contributed by atoms with van der Waals surface area (Å²) in [6.45, 7) is 11.6. The Kier molecular flexibility index (Phi) is 5.60. The zero-order valence-electron chi connectivity index (χ0n) is 8.91. The van der Waals surface area contributed by atoms with Crippen molar-refractivity contribution in [2.24, 2.45) is 0 Å². The molecule has 0 aromatic carbocycles. The van der Waals surface area contributed by atoms with Gasteiger partial charge in [-0.05, 0) is 26.0 Å². The van der Waals surface area contributed by atoms with E-state index in [1.165, 1.54) is 0 Å². The zero-order chi connectivity index (χ0) is 10.3. The molecule has 0 fully saturated rings. The van der Waals surface area contributed by atoms with Crippen molar-refractivity contribution in [2.45, 2.75) is 27.7 Å². The van der Waals surface area contributed by atoms with E-state index in [-0.39, 0.29) is 0 Å². The molecular weight excluding hydrogens is 160 g/mol. The monoisotopic (exact) mass is 178 g/mol. The summed E-state index contributed by atoms with van der Waals surface area (Å²) in [5, 5.41) is 4.23. The molecule has 0 saturated heterocycles. The normalized spacial score (nSPS) is 9.54. The molecule has 0 aliphatic rings. The summed E-state index contributed by atoms with van der Waals surface area (Å²) >= 11 is 0. The Balaban J connectivity index is 0.000000671. The molecule has 0 aliphatic heterocycles. The maximum absolute atomic E-state index is 4.23. The van der Waals surface area contributed by atoms with Gasteiger partial charge >= 0.3 is 0 Å². The lowest BCUT2D eigenvalue weighted by atomic mass is 10.4. The molecule has 2 heteroatoms. The second kappa shape index (κ2) is 6.23. The van der Waals surface area contributed by atoms with Crippen LogP contribution in [0, 0.1) is 6.92 Å². The molecule has 13 heavy (non-hydrogen) atoms. The number of nitrogens with zero attached hydrogens (tertiary/aromatic N) is 2. The lowest BCUT2D eigenvalue weighted by Gasteiger charge is -1.93. The van der Waals surface area contributed by atoms with Crippen LogP contribution in [0.2, 0.25) is 0 Å². The second-order valence-electron chi connectivity index (χ2n) is 2.34. The molecule has 0 atom stereocenters. The largest absolute Gasteiger partial charge is 0.241 e. The highest BCUT2D eigenvalue weighted by atomic mass is 15.3. The fraction of sp³-hybridized carbons (Fsp3) is 0.364. The van der Waals surface area contributed by atoms with Crippen molar-refractivity contribution in [3.63, 3.8) is 0 Å². The first-order valence-corrected chi connectivity index (χ1v) is 4.59. The summed E-state index contributed by atoms with van der Waals surface area (Å²) in [7, 11) is 0. The molecule has 72 valence electrons. The van der Waals surface area contributed by atoms with Crippen molar-refractivity contribution in [1.82, 2.24) is 9.78 Å². The molecule has 0 amide bonds. The summed E-state index contributed by atoms with van der Waals surface area (Å²) in [6, 6.07) is 1.99. The highest BCUT2D eigenvalue weighted by Crippen LogP contribution is 2.04. The van der Waals surface area contributed by atoms with Gasteiger partial charge in [0.05, 0.1) is 11.4 Å². The van der Waals surface area contributed by atoms with Crippen molar-refractivity contribution >= 4 is 12.3 Å². The van der Waals surface area contributed by atoms with Crippen molar-refractivity contribution in [2.75, 3.05) is 0 Å². The van der Waals surface area contributed by atoms with Gasteiger partial charge in [0.25, 0.3) is 0 Å². The minimum Gasteiger partial charge on any atom is -0.241 e. The van der Waals surface area contributed by atoms with Crippen LogP contribution in [0.15, 0.2) is 18.7 Å². The van der Waals surface area contributed by atoms with Crippen molar-refractivity contribution in [3.8, 4) is 0 Å². The molecule has 1 rings (SSSR count). The average Bonchev–Trinajstić information content (AvgIpc) is 2.50. The van der Waals surface area contributed by atoms with Gasteiger partial charge in [0.2, 0.25) is 0 Å². The lowest BCUT2D eigenvalue weighted by Crippen LogP contribution is -1.90. The Morgan fingerprint density at radius 1 is 1.46 bits per heavy atom. The van der Waals surface area contributed by atoms with Crippen LogP contribution in [-0.4, -0.2) is 9.78 Å². The quantitative estimate of drug-likeness (QED) is 0.679. The number of hydrogen-bond acceptors (Lipinski definition) is 1. The van der Waals surface area contributed by atoms with Crippen molar-refractivity contribution < 1.29 is 0 Å². The molecule has 0 unspecified atom stereocenters. The van der Waals surface area contributed by atoms with Gasteiger partial charge in [0, 0.05) is 6.20 Å². The minimum absolute atomic E-state index is 1.01. The van der Waals surface area contributed by atoms with Gasteiger partial charge in [-0.3, -0.25) is 0 Å². The summed E-state index contributed by atoms with van der Waals surface area (Å²) in [6.07, 6.45) is 5.64. The van der Waals surface area contributed by atoms with Gasteiger partial charge in [-0.2, -0.15) is 5.10 Å². The Labute approximate surface area is 80.6 Å². The molecule has 1 aromatic rings. The van der Waals surface area contributed by atoms with Crippen LogP contribution in [0.4, 0.5) is 0 Å². The smallest absolute Gasteiger partial charge is 0.0658 e. The van der Waals surface area contributed by atoms with Gasteiger partial charge < -0.3 is 0 Å². The first-order chi connectivity index (χ1) is 6.27. The number of rotatable bonds is 2. The zero-order valence-corrected chi connectivity index (χ0v) is 8.91. The summed E-state index contributed by atoms with van der Waals surface area (Å²) < 4.78 is 1.81. The fourth-order valence-corrected chi connectivity index (χ4v) is 0.950. The van der Waals surface area contributed by atoms with Crippen molar-refractivity contribution in [1.29, 1.82) is 0 Å². The van der Waals surface area contributed by atoms with E-state index in [9.17, 15) is 0 Å². The van der Waals surface area contributed by atoms with Crippen LogP contribution < -0.4 is 0 Å². The molecular formula is C11H18N2. The molecule has 0 spiro atoms. The van der Waals surface area contributed by atoms with Crippen LogP contribution in [0.5, 0.6) is 0 Å². The number of aromatic nitrogens is 2. The predicted molar refractivity (Wildman–Crippen MR) is 59.4 cm³/mol. The predicted octanol–water partition coefficient (Wildman–Crippen LogP) is 3.35. The van der Waals surface area contributed by atoms with Gasteiger partial charge in [-0.1, -0.05) is 26.5 Å². The molecule has 1 heterocycles. The third kappa shape index (κ3) is 3.28. The third-order valence-electron chi connectivity index (χ3n) is 1.39. The summed E-state index contributed by atoms with van der Waals surface area (Å²) in [4.78, 5) is 0. The van der Waals surface area contributed by atoms with Crippen molar-refractivity contribution in [3.05, 3.63) is 30.1 Å². The number of hydrogen-bond donors (Lipinski definition) is 0. The maximum atomic E-state index is 4.23. The topological polar surface area (TPSA) is 17.8 Å². The minimum atomic E-state index is 1.01. The standard InChI is InChI=1S/C9H12N2.C2H6/c1-4-6-11-9(5-2)7-8(3)10-11;1-2/h4-7H,2H2,1,3H3;1-2H3/b6-4-;. The fourth-order valence-electron chi connectivity index (χ4n) is 0.950. The molecule has 0 bridgehead atoms. The Morgan fingerprint density at radius 2 is 2.08 bits per heavy atom. The van der Waals surface area contributed by atoms with E-state index in [0.29, 0.717) is 0 Å². The van der Waals surface area contributed by atoms with Gasteiger partial charge in [-0.25, -0.2) is 4.68 Å². The maximum Gasteiger partial charge on any atom is 0.0658 e. The van der Waals surface area contributed by atoms with Crippen LogP contribution in [0.3, 0.4) is 0 Å². The van der Waals surface area contributed by atoms with E-state index >= 15 is 0 Å². The summed E-state index contributed by atoms with van der Waals surface area (Å²) in [5.41, 5.74) is 2.04. The molecule has 0 saturated carbocycles. The van der Waals surface area contributed by atoms with E-state index in [2.05, 4.69) is 11.7 Å². The van der Waals surface area contributed by atoms with E-state index < -0.39 is 0 Å². The molecule has 1 aromatic heterocycles. The van der Waals surface area contributed by atoms with Gasteiger partial charge in [0.1, 0.15) is 0 Å². The Bertz CT molecular complexity index is 282. The van der Waals surface area contributed by atoms with E-state index in [0.717, 1.165) is 11.4 Å². The van der Waals surface area contributed by atoms with Gasteiger partial charge in [-0.15, -0.1) is 0 Å². The van der Waals surface area contributed by atoms with E-state index in [4.69, 9.17) is 0 Å². The molecule has 2 nitrogen and oxygen atoms in total. The Morgan fingerprint density at radius 3 is 2.54 bits per heavy atom. The van der Waals surface area contributed by atoms with E-state index in [1.807, 2.05) is 50.7 Å². The van der Waals surface area contributed by atoms with Gasteiger partial charge in [0.15, 0.2) is 0 Å². The first-order valence-electron chi connectivity index (χ1n) is 4.59. The molecule has 0 aliphatic carbocycles. The second-order valence-corrected chi connectivity index (χ2v) is 2.34. The summed E-state index contributed by atoms with van der Waals surface area (Å²) in [5.74, 6) is 0. The van der Waals surface area contributed by atoms with Crippen LogP contribution >= 0.6 is 0 Å². The molecule has 0 N–H and O–H groups in total. The first kappa shape index (κ1) is 11.7. The van der Waals surface area contributed by atoms with Crippen LogP contribution in [-0.2, 0) is 0 Å². The SMILES string of the molecule is C=Cc1cc(C)nn1/C=C\C.CC. The van der Waals surface area contributed by atoms with E-state index in [1.54, 1.807) is 6.08 Å². The lowest BCUT2D eigenvalue weighted by molar-refractivity contribution is 0.902.